The van der Waals surface area contributed by atoms with Crippen LogP contribution in [0.5, 0.6) is 0 Å². The Bertz CT molecular complexity index is 4740. The van der Waals surface area contributed by atoms with Crippen molar-refractivity contribution in [2.75, 3.05) is 0 Å². The Labute approximate surface area is 499 Å². The maximum absolute atomic E-state index is 14.5. The van der Waals surface area contributed by atoms with E-state index in [-0.39, 0.29) is 0 Å². The molecule has 0 aliphatic rings. The normalized spacial score (nSPS) is 12.0. The fourth-order valence-electron chi connectivity index (χ4n) is 11.7. The van der Waals surface area contributed by atoms with Gasteiger partial charge in [0.05, 0.1) is 33.2 Å². The van der Waals surface area contributed by atoms with Gasteiger partial charge in [-0.05, 0) is 113 Å². The number of aromatic nitrogens is 8. The quantitative estimate of drug-likeness (QED) is 0.127. The summed E-state index contributed by atoms with van der Waals surface area (Å²) in [6.45, 7) is 0. The van der Waals surface area contributed by atoms with Crippen molar-refractivity contribution in [2.24, 2.45) is 0 Å². The summed E-state index contributed by atoms with van der Waals surface area (Å²) in [6.07, 6.45) is -9.15. The van der Waals surface area contributed by atoms with Crippen LogP contribution in [0.4, 0.5) is 26.3 Å². The maximum Gasteiger partial charge on any atom is 0.416 e. The second-order valence-corrected chi connectivity index (χ2v) is 21.4. The van der Waals surface area contributed by atoms with Gasteiger partial charge in [-0.1, -0.05) is 176 Å². The SMILES string of the molecule is FC(F)(F)c1ccc2c(c1)c1ccccc1n2-c1cc(-c2cccc(-c3cc(-c4nc(-c5ccccc5)nc(-c5ccccc5)n4)cc(-n4c5ccccc5c5cc(C(F)(F)F)ccc54)c3)c2)cc(-c2nc(-c3ccccc3)nc(-c3ccccc3)n2)c1. The zero-order valence-corrected chi connectivity index (χ0v) is 46.2. The number of alkyl halides is 6. The Morgan fingerprint density at radius 2 is 0.489 bits per heavy atom. The molecule has 422 valence electrons. The molecule has 0 aliphatic heterocycles. The number of fused-ring (bicyclic) bond motifs is 6. The summed E-state index contributed by atoms with van der Waals surface area (Å²) in [5.41, 5.74) is 9.54. The summed E-state index contributed by atoms with van der Waals surface area (Å²) in [7, 11) is 0. The highest BCUT2D eigenvalue weighted by molar-refractivity contribution is 6.11. The summed E-state index contributed by atoms with van der Waals surface area (Å²) in [5, 5.41) is 2.14. The minimum absolute atomic E-state index is 0.361. The van der Waals surface area contributed by atoms with Crippen LogP contribution in [-0.4, -0.2) is 39.0 Å². The molecule has 0 aliphatic carbocycles. The van der Waals surface area contributed by atoms with Crippen LogP contribution in [-0.2, 0) is 12.4 Å². The van der Waals surface area contributed by atoms with E-state index in [1.165, 1.54) is 24.3 Å². The van der Waals surface area contributed by atoms with Crippen molar-refractivity contribution in [3.05, 3.63) is 278 Å². The zero-order chi connectivity index (χ0) is 59.7. The first-order valence-corrected chi connectivity index (χ1v) is 28.2. The lowest BCUT2D eigenvalue weighted by atomic mass is 9.95. The highest BCUT2D eigenvalue weighted by Crippen LogP contribution is 2.43. The molecule has 4 aromatic heterocycles. The largest absolute Gasteiger partial charge is 0.416 e. The van der Waals surface area contributed by atoms with E-state index in [0.717, 1.165) is 56.6 Å². The standard InChI is InChI=1S/C74H44F6N8/c75-73(76,77)55-32-34-65-61(43-55)59-28-13-15-30-63(59)87(65)57-39-51(37-53(41-57)71-83-67(45-18-5-1-6-19-45)81-68(84-71)46-20-7-2-8-21-46)49-26-17-27-50(36-49)52-38-54(72-85-69(47-22-9-3-10-23-47)82-70(86-72)48-24-11-4-12-25-48)42-58(40-52)88-64-31-16-14-29-60(64)62-44-56(74(78,79)80)33-35-66(62)88/h1-44H. The number of halogens is 6. The van der Waals surface area contributed by atoms with E-state index in [9.17, 15) is 26.3 Å². The van der Waals surface area contributed by atoms with Crippen LogP contribution >= 0.6 is 0 Å². The van der Waals surface area contributed by atoms with Gasteiger partial charge in [-0.25, -0.2) is 29.9 Å². The van der Waals surface area contributed by atoms with Crippen LogP contribution in [0.3, 0.4) is 0 Å². The molecule has 0 fully saturated rings. The van der Waals surface area contributed by atoms with Crippen LogP contribution in [0.1, 0.15) is 11.1 Å². The molecule has 15 rings (SSSR count). The molecule has 4 heterocycles. The number of para-hydroxylation sites is 2. The molecule has 11 aromatic carbocycles. The van der Waals surface area contributed by atoms with Crippen molar-refractivity contribution >= 4 is 43.6 Å². The predicted octanol–water partition coefficient (Wildman–Crippen LogP) is 19.6. The molecule has 0 N–H and O–H groups in total. The molecular formula is C74H44F6N8. The van der Waals surface area contributed by atoms with Crippen molar-refractivity contribution < 1.29 is 26.3 Å². The van der Waals surface area contributed by atoms with Gasteiger partial charge in [0.25, 0.3) is 0 Å². The number of rotatable bonds is 10. The Morgan fingerprint density at radius 3 is 0.830 bits per heavy atom. The monoisotopic (exact) mass is 1160 g/mol. The summed E-state index contributed by atoms with van der Waals surface area (Å²) >= 11 is 0. The van der Waals surface area contributed by atoms with Crippen LogP contribution in [0.15, 0.2) is 267 Å². The molecule has 14 heteroatoms. The summed E-state index contributed by atoms with van der Waals surface area (Å²) in [6, 6.07) is 81.0. The van der Waals surface area contributed by atoms with Crippen LogP contribution < -0.4 is 0 Å². The topological polar surface area (TPSA) is 87.2 Å². The van der Waals surface area contributed by atoms with Crippen molar-refractivity contribution in [1.29, 1.82) is 0 Å². The summed E-state index contributed by atoms with van der Waals surface area (Å²) < 4.78 is 90.7. The van der Waals surface area contributed by atoms with E-state index >= 15 is 0 Å². The van der Waals surface area contributed by atoms with Gasteiger partial charge >= 0.3 is 12.4 Å². The molecule has 0 saturated heterocycles. The van der Waals surface area contributed by atoms with Gasteiger partial charge in [0, 0.05) is 66.3 Å². The minimum atomic E-state index is -4.58. The van der Waals surface area contributed by atoms with E-state index in [0.29, 0.717) is 101 Å². The first-order valence-electron chi connectivity index (χ1n) is 28.2. The van der Waals surface area contributed by atoms with Gasteiger partial charge in [0.15, 0.2) is 34.9 Å². The molecule has 0 amide bonds. The second kappa shape index (κ2) is 21.3. The van der Waals surface area contributed by atoms with Gasteiger partial charge < -0.3 is 9.13 Å². The van der Waals surface area contributed by atoms with Crippen molar-refractivity contribution in [2.45, 2.75) is 12.4 Å². The smallest absolute Gasteiger partial charge is 0.309 e. The van der Waals surface area contributed by atoms with E-state index in [2.05, 4.69) is 6.07 Å². The Balaban J connectivity index is 0.971. The summed E-state index contributed by atoms with van der Waals surface area (Å²) in [4.78, 5) is 30.5. The average Bonchev–Trinajstić information content (AvgIpc) is 1.69. The van der Waals surface area contributed by atoms with Gasteiger partial charge in [-0.15, -0.1) is 0 Å². The van der Waals surface area contributed by atoms with Gasteiger partial charge in [-0.3, -0.25) is 0 Å². The van der Waals surface area contributed by atoms with E-state index in [4.69, 9.17) is 29.9 Å². The van der Waals surface area contributed by atoms with Gasteiger partial charge in [0.1, 0.15) is 0 Å². The highest BCUT2D eigenvalue weighted by atomic mass is 19.4. The lowest BCUT2D eigenvalue weighted by Crippen LogP contribution is -2.04. The van der Waals surface area contributed by atoms with Crippen molar-refractivity contribution in [3.63, 3.8) is 0 Å². The van der Waals surface area contributed by atoms with E-state index in [1.54, 1.807) is 0 Å². The fourth-order valence-corrected chi connectivity index (χ4v) is 11.7. The van der Waals surface area contributed by atoms with Crippen molar-refractivity contribution in [1.82, 2.24) is 39.0 Å². The van der Waals surface area contributed by atoms with E-state index < -0.39 is 23.5 Å². The number of hydrogen-bond donors (Lipinski definition) is 0. The lowest BCUT2D eigenvalue weighted by molar-refractivity contribution is -0.138. The van der Waals surface area contributed by atoms with Crippen molar-refractivity contribution in [3.8, 4) is 102 Å². The third kappa shape index (κ3) is 9.85. The maximum atomic E-state index is 14.5. The molecule has 8 nitrogen and oxygen atoms in total. The molecular weight excluding hydrogens is 1110 g/mol. The lowest BCUT2D eigenvalue weighted by Gasteiger charge is -2.16. The Kier molecular flexibility index (Phi) is 12.9. The van der Waals surface area contributed by atoms with Crippen LogP contribution in [0, 0.1) is 0 Å². The Morgan fingerprint density at radius 1 is 0.216 bits per heavy atom. The first-order chi connectivity index (χ1) is 42.8. The fraction of sp³-hybridized carbons (Fsp3) is 0.0270. The van der Waals surface area contributed by atoms with Crippen LogP contribution in [0.2, 0.25) is 0 Å². The predicted molar refractivity (Wildman–Crippen MR) is 335 cm³/mol. The number of benzene rings is 11. The zero-order valence-electron chi connectivity index (χ0n) is 46.2. The first kappa shape index (κ1) is 53.4. The third-order valence-electron chi connectivity index (χ3n) is 15.8. The van der Waals surface area contributed by atoms with Gasteiger partial charge in [-0.2, -0.15) is 26.3 Å². The van der Waals surface area contributed by atoms with Crippen LogP contribution in [0.25, 0.3) is 146 Å². The molecule has 0 radical (unpaired) electrons. The molecule has 0 spiro atoms. The average molecular weight is 1160 g/mol. The molecule has 15 aromatic rings. The molecule has 0 unspecified atom stereocenters. The molecule has 0 saturated carbocycles. The minimum Gasteiger partial charge on any atom is -0.309 e. The van der Waals surface area contributed by atoms with E-state index in [1.807, 2.05) is 234 Å². The third-order valence-corrected chi connectivity index (χ3v) is 15.8. The van der Waals surface area contributed by atoms with Gasteiger partial charge in [0.2, 0.25) is 0 Å². The molecule has 88 heavy (non-hydrogen) atoms. The molecule has 0 atom stereocenters. The second-order valence-electron chi connectivity index (χ2n) is 21.4. The molecule has 0 bridgehead atoms. The number of nitrogens with zero attached hydrogens (tertiary/aromatic N) is 8. The summed E-state index contributed by atoms with van der Waals surface area (Å²) in [5.74, 6) is 2.50. The Hall–Kier alpha value is -11.4. The number of hydrogen-bond acceptors (Lipinski definition) is 6. The highest BCUT2D eigenvalue weighted by Gasteiger charge is 2.33.